The third-order valence-electron chi connectivity index (χ3n) is 7.73. The Morgan fingerprint density at radius 1 is 1.05 bits per heavy atom. The molecule has 1 aliphatic carbocycles. The van der Waals surface area contributed by atoms with Gasteiger partial charge < -0.3 is 15.4 Å². The molecule has 12 heteroatoms. The Morgan fingerprint density at radius 2 is 1.76 bits per heavy atom. The average molecular weight is 618 g/mol. The molecule has 3 aromatic rings. The van der Waals surface area contributed by atoms with Gasteiger partial charge in [0.1, 0.15) is 0 Å². The Labute approximate surface area is 249 Å². The summed E-state index contributed by atoms with van der Waals surface area (Å²) in [7, 11) is -3.58. The third kappa shape index (κ3) is 6.35. The quantitative estimate of drug-likeness (QED) is 0.306. The van der Waals surface area contributed by atoms with Crippen LogP contribution in [0.25, 0.3) is 0 Å². The van der Waals surface area contributed by atoms with Crippen molar-refractivity contribution in [3.05, 3.63) is 104 Å². The number of rotatable bonds is 7. The van der Waals surface area contributed by atoms with Gasteiger partial charge in [-0.15, -0.1) is 0 Å². The van der Waals surface area contributed by atoms with Gasteiger partial charge in [0, 0.05) is 46.4 Å². The van der Waals surface area contributed by atoms with Gasteiger partial charge in [0.15, 0.2) is 12.4 Å². The van der Waals surface area contributed by atoms with Crippen LogP contribution >= 0.6 is 23.2 Å². The summed E-state index contributed by atoms with van der Waals surface area (Å²) in [6, 6.07) is 13.3. The van der Waals surface area contributed by atoms with Crippen molar-refractivity contribution in [2.24, 2.45) is 0 Å². The molecule has 1 saturated carbocycles. The van der Waals surface area contributed by atoms with Gasteiger partial charge in [0.05, 0.1) is 18.2 Å². The lowest BCUT2D eigenvalue weighted by molar-refractivity contribution is -0.605. The normalized spacial score (nSPS) is 22.7. The fourth-order valence-electron chi connectivity index (χ4n) is 5.99. The Bertz CT molecular complexity index is 1570. The number of pyridine rings is 1. The number of benzene rings is 2. The molecule has 4 atom stereocenters. The summed E-state index contributed by atoms with van der Waals surface area (Å²) in [5.41, 5.74) is 2.20. The summed E-state index contributed by atoms with van der Waals surface area (Å²) in [5, 5.41) is 15.1. The van der Waals surface area contributed by atoms with Crippen molar-refractivity contribution in [3.63, 3.8) is 0 Å². The fraction of sp³-hybridized carbons (Fsp3) is 0.345. The van der Waals surface area contributed by atoms with E-state index in [2.05, 4.69) is 10.0 Å². The Kier molecular flexibility index (Phi) is 8.56. The number of nitrogens with zero attached hydrogens (tertiary/aromatic N) is 2. The lowest BCUT2D eigenvalue weighted by Crippen LogP contribution is -2.59. The zero-order valence-electron chi connectivity index (χ0n) is 22.3. The van der Waals surface area contributed by atoms with Crippen LogP contribution in [-0.2, 0) is 21.4 Å². The molecule has 2 aromatic carbocycles. The minimum atomic E-state index is -3.58. The van der Waals surface area contributed by atoms with Crippen LogP contribution in [0.4, 0.5) is 0 Å². The van der Waals surface area contributed by atoms with Crippen LogP contribution in [0.2, 0.25) is 10.0 Å². The molecule has 0 bridgehead atoms. The van der Waals surface area contributed by atoms with E-state index in [4.69, 9.17) is 23.2 Å². The van der Waals surface area contributed by atoms with Crippen LogP contribution in [0.5, 0.6) is 0 Å². The number of amides is 2. The zero-order valence-corrected chi connectivity index (χ0v) is 24.6. The summed E-state index contributed by atoms with van der Waals surface area (Å²) in [5.74, 6) is -1.50. The predicted molar refractivity (Wildman–Crippen MR) is 156 cm³/mol. The number of nitrogens with one attached hydrogen (secondary N) is 2. The SMILES string of the molecule is CS(=O)(=O)N[C@H]1CCCC[C@@H]1N1C(=O)c2ccccc2[C@@H](C(=O)NCc2cc[n+]([O-])cc2)[C@@H]1c1ccc(Cl)cc1Cl. The first-order valence-corrected chi connectivity index (χ1v) is 16.0. The minimum Gasteiger partial charge on any atom is -0.619 e. The Morgan fingerprint density at radius 3 is 2.46 bits per heavy atom. The summed E-state index contributed by atoms with van der Waals surface area (Å²) < 4.78 is 28.1. The van der Waals surface area contributed by atoms with Crippen molar-refractivity contribution in [1.29, 1.82) is 0 Å². The van der Waals surface area contributed by atoms with Crippen molar-refractivity contribution < 1.29 is 22.7 Å². The number of sulfonamides is 1. The van der Waals surface area contributed by atoms with E-state index in [1.165, 1.54) is 12.4 Å². The second kappa shape index (κ2) is 12.0. The number of hydrogen-bond acceptors (Lipinski definition) is 5. The predicted octanol–water partition coefficient (Wildman–Crippen LogP) is 4.08. The highest BCUT2D eigenvalue weighted by Gasteiger charge is 2.49. The molecule has 2 N–H and O–H groups in total. The highest BCUT2D eigenvalue weighted by molar-refractivity contribution is 7.88. The molecule has 0 spiro atoms. The fourth-order valence-corrected chi connectivity index (χ4v) is 7.33. The van der Waals surface area contributed by atoms with Crippen LogP contribution in [0.15, 0.2) is 67.0 Å². The van der Waals surface area contributed by atoms with Gasteiger partial charge >= 0.3 is 0 Å². The molecule has 216 valence electrons. The number of hydrogen-bond donors (Lipinski definition) is 2. The van der Waals surface area contributed by atoms with E-state index >= 15 is 0 Å². The molecule has 9 nitrogen and oxygen atoms in total. The molecule has 41 heavy (non-hydrogen) atoms. The van der Waals surface area contributed by atoms with E-state index < -0.39 is 34.1 Å². The summed E-state index contributed by atoms with van der Waals surface area (Å²) >= 11 is 13.0. The van der Waals surface area contributed by atoms with Gasteiger partial charge in [-0.05, 0) is 47.7 Å². The van der Waals surface area contributed by atoms with E-state index in [-0.39, 0.29) is 18.4 Å². The molecule has 2 amide bonds. The minimum absolute atomic E-state index is 0.162. The molecular weight excluding hydrogens is 587 g/mol. The third-order valence-corrected chi connectivity index (χ3v) is 9.02. The van der Waals surface area contributed by atoms with Gasteiger partial charge in [-0.3, -0.25) is 9.59 Å². The van der Waals surface area contributed by atoms with Crippen LogP contribution in [0.1, 0.15) is 64.7 Å². The molecule has 1 aliphatic heterocycles. The highest BCUT2D eigenvalue weighted by Crippen LogP contribution is 2.47. The van der Waals surface area contributed by atoms with Gasteiger partial charge in [0.25, 0.3) is 5.91 Å². The number of carbonyl (C=O) groups is 2. The topological polar surface area (TPSA) is 123 Å². The molecule has 2 heterocycles. The van der Waals surface area contributed by atoms with Crippen molar-refractivity contribution >= 4 is 45.0 Å². The van der Waals surface area contributed by atoms with Gasteiger partial charge in [0.2, 0.25) is 15.9 Å². The second-order valence-electron chi connectivity index (χ2n) is 10.5. The maximum absolute atomic E-state index is 14.3. The first kappa shape index (κ1) is 29.3. The van der Waals surface area contributed by atoms with E-state index in [9.17, 15) is 23.2 Å². The zero-order chi connectivity index (χ0) is 29.3. The van der Waals surface area contributed by atoms with Gasteiger partial charge in [-0.25, -0.2) is 13.1 Å². The van der Waals surface area contributed by atoms with Crippen molar-refractivity contribution in [2.45, 2.75) is 56.3 Å². The molecule has 5 rings (SSSR count). The average Bonchev–Trinajstić information content (AvgIpc) is 2.92. The van der Waals surface area contributed by atoms with E-state index in [1.807, 2.05) is 0 Å². The van der Waals surface area contributed by atoms with Gasteiger partial charge in [-0.2, -0.15) is 4.73 Å². The van der Waals surface area contributed by atoms with E-state index in [0.717, 1.165) is 24.7 Å². The Hall–Kier alpha value is -3.18. The number of fused-ring (bicyclic) bond motifs is 1. The molecule has 0 radical (unpaired) electrons. The maximum atomic E-state index is 14.3. The first-order valence-electron chi connectivity index (χ1n) is 13.3. The van der Waals surface area contributed by atoms with Gasteiger partial charge in [-0.1, -0.05) is 60.3 Å². The number of carbonyl (C=O) groups excluding carboxylic acids is 2. The molecule has 2 aliphatic rings. The smallest absolute Gasteiger partial charge is 0.255 e. The molecule has 0 saturated heterocycles. The van der Waals surface area contributed by atoms with Crippen molar-refractivity contribution in [1.82, 2.24) is 14.9 Å². The molecule has 1 fully saturated rings. The summed E-state index contributed by atoms with van der Waals surface area (Å²) in [6.07, 6.45) is 6.51. The van der Waals surface area contributed by atoms with Crippen LogP contribution in [0, 0.1) is 5.21 Å². The Balaban J connectivity index is 1.64. The van der Waals surface area contributed by atoms with Crippen LogP contribution in [-0.4, -0.2) is 43.5 Å². The van der Waals surface area contributed by atoms with Crippen LogP contribution < -0.4 is 14.8 Å². The largest absolute Gasteiger partial charge is 0.619 e. The number of halogens is 2. The monoisotopic (exact) mass is 616 g/mol. The molecule has 0 unspecified atom stereocenters. The summed E-state index contributed by atoms with van der Waals surface area (Å²) in [6.45, 7) is 0.162. The summed E-state index contributed by atoms with van der Waals surface area (Å²) in [4.78, 5) is 30.1. The number of aromatic nitrogens is 1. The maximum Gasteiger partial charge on any atom is 0.255 e. The van der Waals surface area contributed by atoms with E-state index in [0.29, 0.717) is 44.3 Å². The first-order chi connectivity index (χ1) is 19.5. The van der Waals surface area contributed by atoms with Crippen molar-refractivity contribution in [2.75, 3.05) is 6.26 Å². The molecular formula is C29H30Cl2N4O5S. The van der Waals surface area contributed by atoms with Crippen molar-refractivity contribution in [3.8, 4) is 0 Å². The van der Waals surface area contributed by atoms with E-state index in [1.54, 1.807) is 59.5 Å². The second-order valence-corrected chi connectivity index (χ2v) is 13.1. The molecule has 1 aromatic heterocycles. The van der Waals surface area contributed by atoms with Crippen LogP contribution in [0.3, 0.4) is 0 Å². The lowest BCUT2D eigenvalue weighted by atomic mass is 9.76. The standard InChI is InChI=1S/C29H30Cl2N4O5S/c1-41(39,40)33-24-8-4-5-9-25(24)35-27(22-11-10-19(30)16-23(22)31)26(20-6-2-3-7-21(20)29(35)37)28(36)32-17-18-12-14-34(38)15-13-18/h2-3,6-7,10-16,24-27,33H,4-5,8-9,17H2,1H3,(H,32,36)/t24-,25-,26+,27-/m0/s1. The lowest BCUT2D eigenvalue weighted by Gasteiger charge is -2.49. The highest BCUT2D eigenvalue weighted by atomic mass is 35.5.